The second-order valence-electron chi connectivity index (χ2n) is 9.02. The van der Waals surface area contributed by atoms with Gasteiger partial charge in [0.2, 0.25) is 0 Å². The summed E-state index contributed by atoms with van der Waals surface area (Å²) in [5.74, 6) is -1.23. The second kappa shape index (κ2) is 8.28. The summed E-state index contributed by atoms with van der Waals surface area (Å²) in [7, 11) is 1.31. The molecule has 5 rings (SSSR count). The van der Waals surface area contributed by atoms with Crippen molar-refractivity contribution in [2.24, 2.45) is 5.73 Å². The van der Waals surface area contributed by atoms with E-state index in [0.29, 0.717) is 30.8 Å². The number of methoxy groups -OCH3 is 1. The number of rotatable bonds is 5. The molecule has 2 aliphatic rings. The number of fused-ring (bicyclic) bond motifs is 5. The Kier molecular flexibility index (Phi) is 5.49. The van der Waals surface area contributed by atoms with Crippen LogP contribution in [0, 0.1) is 0 Å². The maximum atomic E-state index is 13.5. The van der Waals surface area contributed by atoms with Crippen LogP contribution in [-0.4, -0.2) is 39.7 Å². The minimum atomic E-state index is -1.87. The van der Waals surface area contributed by atoms with E-state index in [4.69, 9.17) is 20.2 Å². The first-order valence-electron chi connectivity index (χ1n) is 11.7. The average molecular weight is 478 g/mol. The summed E-state index contributed by atoms with van der Waals surface area (Å²) in [6.07, 6.45) is 1.06. The zero-order valence-electron chi connectivity index (χ0n) is 19.9. The summed E-state index contributed by atoms with van der Waals surface area (Å²) in [4.78, 5) is 42.7. The third kappa shape index (κ3) is 3.30. The molecule has 9 heteroatoms. The van der Waals surface area contributed by atoms with Gasteiger partial charge in [-0.1, -0.05) is 26.0 Å². The van der Waals surface area contributed by atoms with Crippen molar-refractivity contribution in [3.05, 3.63) is 62.4 Å². The molecule has 9 nitrogen and oxygen atoms in total. The zero-order valence-corrected chi connectivity index (χ0v) is 19.9. The van der Waals surface area contributed by atoms with Gasteiger partial charge in [0, 0.05) is 16.5 Å². The van der Waals surface area contributed by atoms with Crippen molar-refractivity contribution < 1.29 is 24.2 Å². The number of pyridine rings is 2. The third-order valence-corrected chi connectivity index (χ3v) is 7.21. The molecule has 0 fully saturated rings. The monoisotopic (exact) mass is 477 g/mol. The van der Waals surface area contributed by atoms with Crippen LogP contribution in [0.5, 0.6) is 0 Å². The van der Waals surface area contributed by atoms with Gasteiger partial charge >= 0.3 is 11.9 Å². The van der Waals surface area contributed by atoms with E-state index >= 15 is 0 Å². The van der Waals surface area contributed by atoms with Gasteiger partial charge in [-0.05, 0) is 42.5 Å². The molecule has 2 aromatic heterocycles. The first-order valence-corrected chi connectivity index (χ1v) is 11.7. The van der Waals surface area contributed by atoms with Crippen LogP contribution < -0.4 is 11.3 Å². The molecule has 1 unspecified atom stereocenters. The van der Waals surface area contributed by atoms with Gasteiger partial charge < -0.3 is 24.9 Å². The Morgan fingerprint density at radius 3 is 2.77 bits per heavy atom. The van der Waals surface area contributed by atoms with Crippen LogP contribution in [0.2, 0.25) is 0 Å². The van der Waals surface area contributed by atoms with Gasteiger partial charge in [0.05, 0.1) is 36.1 Å². The van der Waals surface area contributed by atoms with E-state index in [1.165, 1.54) is 7.11 Å². The fraction of sp³-hybridized carbons (Fsp3) is 0.385. The molecule has 0 aliphatic carbocycles. The maximum absolute atomic E-state index is 13.5. The van der Waals surface area contributed by atoms with Crippen molar-refractivity contribution in [1.29, 1.82) is 0 Å². The van der Waals surface area contributed by atoms with Crippen molar-refractivity contribution in [3.8, 4) is 11.4 Å². The molecule has 1 aromatic carbocycles. The van der Waals surface area contributed by atoms with Gasteiger partial charge in [0.15, 0.2) is 5.60 Å². The SMILES string of the molecule is CCc1c2c(nc3cccc(CC(N)C(=O)OC)c13)-c1cc3c(c(=O)n1C2)COC(=O)[C@]3(O)CC. The molecular weight excluding hydrogens is 450 g/mol. The van der Waals surface area contributed by atoms with Gasteiger partial charge in [-0.3, -0.25) is 9.59 Å². The molecule has 3 aromatic rings. The third-order valence-electron chi connectivity index (χ3n) is 7.21. The van der Waals surface area contributed by atoms with Crippen LogP contribution in [0.25, 0.3) is 22.3 Å². The number of aliphatic hydroxyl groups is 1. The Morgan fingerprint density at radius 1 is 1.31 bits per heavy atom. The van der Waals surface area contributed by atoms with Gasteiger partial charge in [0.1, 0.15) is 12.6 Å². The van der Waals surface area contributed by atoms with Crippen molar-refractivity contribution in [2.75, 3.05) is 7.11 Å². The number of aryl methyl sites for hydroxylation is 1. The number of aromatic nitrogens is 2. The molecule has 2 aliphatic heterocycles. The van der Waals surface area contributed by atoms with Crippen molar-refractivity contribution in [3.63, 3.8) is 0 Å². The number of hydrogen-bond donors (Lipinski definition) is 2. The number of carbonyl (C=O) groups is 2. The topological polar surface area (TPSA) is 134 Å². The summed E-state index contributed by atoms with van der Waals surface area (Å²) < 4.78 is 11.6. The molecule has 0 saturated heterocycles. The summed E-state index contributed by atoms with van der Waals surface area (Å²) in [6, 6.07) is 6.58. The normalized spacial score (nSPS) is 19.1. The van der Waals surface area contributed by atoms with Gasteiger partial charge in [0.25, 0.3) is 5.56 Å². The molecule has 0 radical (unpaired) electrons. The van der Waals surface area contributed by atoms with E-state index in [-0.39, 0.29) is 29.7 Å². The molecule has 4 heterocycles. The smallest absolute Gasteiger partial charge is 0.343 e. The highest BCUT2D eigenvalue weighted by molar-refractivity contribution is 5.92. The van der Waals surface area contributed by atoms with Crippen LogP contribution >= 0.6 is 0 Å². The molecule has 0 spiro atoms. The number of nitrogens with zero attached hydrogens (tertiary/aromatic N) is 2. The predicted molar refractivity (Wildman–Crippen MR) is 128 cm³/mol. The lowest BCUT2D eigenvalue weighted by molar-refractivity contribution is -0.172. The number of hydrogen-bond acceptors (Lipinski definition) is 8. The fourth-order valence-electron chi connectivity index (χ4n) is 5.33. The number of esters is 2. The van der Waals surface area contributed by atoms with Crippen LogP contribution in [0.1, 0.15) is 48.1 Å². The summed E-state index contributed by atoms with van der Waals surface area (Å²) >= 11 is 0. The maximum Gasteiger partial charge on any atom is 0.343 e. The van der Waals surface area contributed by atoms with Gasteiger partial charge in [-0.15, -0.1) is 0 Å². The van der Waals surface area contributed by atoms with Crippen LogP contribution in [-0.2, 0) is 50.7 Å². The van der Waals surface area contributed by atoms with Crippen LogP contribution in [0.3, 0.4) is 0 Å². The van der Waals surface area contributed by atoms with Gasteiger partial charge in [-0.25, -0.2) is 9.78 Å². The minimum absolute atomic E-state index is 0.0871. The van der Waals surface area contributed by atoms with E-state index < -0.39 is 23.6 Å². The molecular formula is C26H27N3O6. The Bertz CT molecular complexity index is 1460. The summed E-state index contributed by atoms with van der Waals surface area (Å²) in [5, 5.41) is 12.0. The highest BCUT2D eigenvalue weighted by Gasteiger charge is 2.45. The van der Waals surface area contributed by atoms with Crippen molar-refractivity contribution in [1.82, 2.24) is 9.55 Å². The number of nitrogens with two attached hydrogens (primary N) is 1. The lowest BCUT2D eigenvalue weighted by Crippen LogP contribution is -2.44. The number of carbonyl (C=O) groups excluding carboxylic acids is 2. The van der Waals surface area contributed by atoms with E-state index in [9.17, 15) is 19.5 Å². The average Bonchev–Trinajstić information content (AvgIpc) is 3.23. The Morgan fingerprint density at radius 2 is 2.09 bits per heavy atom. The lowest BCUT2D eigenvalue weighted by Gasteiger charge is -2.31. The van der Waals surface area contributed by atoms with E-state index in [0.717, 1.165) is 27.6 Å². The Hall–Kier alpha value is -3.56. The zero-order chi connectivity index (χ0) is 25.1. The molecule has 35 heavy (non-hydrogen) atoms. The highest BCUT2D eigenvalue weighted by atomic mass is 16.6. The van der Waals surface area contributed by atoms with Crippen LogP contribution in [0.4, 0.5) is 0 Å². The highest BCUT2D eigenvalue weighted by Crippen LogP contribution is 2.40. The minimum Gasteiger partial charge on any atom is -0.468 e. The number of ether oxygens (including phenoxy) is 2. The molecule has 0 bridgehead atoms. The van der Waals surface area contributed by atoms with Crippen molar-refractivity contribution in [2.45, 2.75) is 57.9 Å². The molecule has 2 atom stereocenters. The summed E-state index contributed by atoms with van der Waals surface area (Å²) in [5.41, 5.74) is 9.23. The van der Waals surface area contributed by atoms with E-state index in [2.05, 4.69) is 0 Å². The van der Waals surface area contributed by atoms with E-state index in [1.54, 1.807) is 17.6 Å². The molecule has 3 N–H and O–H groups in total. The predicted octanol–water partition coefficient (Wildman–Crippen LogP) is 1.68. The van der Waals surface area contributed by atoms with Gasteiger partial charge in [-0.2, -0.15) is 0 Å². The Labute approximate surface area is 201 Å². The molecule has 0 amide bonds. The first-order chi connectivity index (χ1) is 16.7. The standard InChI is InChI=1S/C26H27N3O6/c1-4-14-15-11-29-20(10-17-16(23(29)30)12-35-25(32)26(17,33)5-2)22(15)28-19-8-6-7-13(21(14)19)9-18(27)24(31)34-3/h6-8,10,18,33H,4-5,9,11-12,27H2,1-3H3/t18?,26-/m0/s1. The number of cyclic esters (lactones) is 1. The fourth-order valence-corrected chi connectivity index (χ4v) is 5.33. The first kappa shape index (κ1) is 23.2. The Balaban J connectivity index is 1.73. The van der Waals surface area contributed by atoms with E-state index in [1.807, 2.05) is 25.1 Å². The quantitative estimate of drug-likeness (QED) is 0.415. The largest absolute Gasteiger partial charge is 0.468 e. The molecule has 182 valence electrons. The molecule has 0 saturated carbocycles. The summed E-state index contributed by atoms with van der Waals surface area (Å²) in [6.45, 7) is 3.86. The second-order valence-corrected chi connectivity index (χ2v) is 9.02. The van der Waals surface area contributed by atoms with Crippen LogP contribution in [0.15, 0.2) is 29.1 Å². The lowest BCUT2D eigenvalue weighted by atomic mass is 9.86. The number of benzene rings is 1. The van der Waals surface area contributed by atoms with Crippen molar-refractivity contribution >= 4 is 22.8 Å².